The predicted octanol–water partition coefficient (Wildman–Crippen LogP) is 2.34. The molecule has 2 bridgehead atoms. The molecule has 4 rings (SSSR count). The standard InChI is InChI=1S/C18H27N7S/c1-11-5-16(25-24-11)22-18-23-17(10-26-18)21-15-8-13-6-12(3-2-4-19)7-14(9-15)20-13/h5,10,12-15,18,20-21,23H,2-3,6-9H2,1H3,(H2,22,24,25). The number of nitrogens with zero attached hydrogens (tertiary/aromatic N) is 2. The van der Waals surface area contributed by atoms with Gasteiger partial charge in [0.25, 0.3) is 0 Å². The van der Waals surface area contributed by atoms with E-state index >= 15 is 0 Å². The van der Waals surface area contributed by atoms with Gasteiger partial charge in [-0.15, -0.1) is 0 Å². The molecule has 7 nitrogen and oxygen atoms in total. The zero-order valence-corrected chi connectivity index (χ0v) is 15.9. The minimum absolute atomic E-state index is 0.108. The number of nitriles is 1. The highest BCUT2D eigenvalue weighted by Gasteiger charge is 2.35. The lowest BCUT2D eigenvalue weighted by Gasteiger charge is -2.44. The molecule has 4 heterocycles. The molecule has 0 spiro atoms. The molecule has 0 aromatic carbocycles. The molecule has 140 valence electrons. The summed E-state index contributed by atoms with van der Waals surface area (Å²) in [4.78, 5) is 0. The van der Waals surface area contributed by atoms with Crippen molar-refractivity contribution < 1.29 is 0 Å². The molecule has 1 aromatic rings. The van der Waals surface area contributed by atoms with Crippen LogP contribution in [0.25, 0.3) is 0 Å². The van der Waals surface area contributed by atoms with Crippen molar-refractivity contribution in [3.63, 3.8) is 0 Å². The first kappa shape index (κ1) is 17.6. The van der Waals surface area contributed by atoms with Crippen LogP contribution in [0.1, 0.15) is 44.2 Å². The highest BCUT2D eigenvalue weighted by molar-refractivity contribution is 8.03. The maximum Gasteiger partial charge on any atom is 0.152 e. The van der Waals surface area contributed by atoms with Gasteiger partial charge in [-0.3, -0.25) is 5.10 Å². The maximum atomic E-state index is 8.82. The number of rotatable bonds is 6. The minimum Gasteiger partial charge on any atom is -0.369 e. The molecule has 0 aliphatic carbocycles. The van der Waals surface area contributed by atoms with Gasteiger partial charge < -0.3 is 21.3 Å². The van der Waals surface area contributed by atoms with Crippen molar-refractivity contribution >= 4 is 17.6 Å². The minimum atomic E-state index is 0.108. The zero-order valence-electron chi connectivity index (χ0n) is 15.1. The smallest absolute Gasteiger partial charge is 0.152 e. The van der Waals surface area contributed by atoms with Gasteiger partial charge in [0.1, 0.15) is 11.6 Å². The van der Waals surface area contributed by atoms with Gasteiger partial charge in [0.05, 0.1) is 6.07 Å². The molecule has 1 aromatic heterocycles. The molecule has 2 saturated heterocycles. The first-order valence-electron chi connectivity index (χ1n) is 9.48. The SMILES string of the molecule is Cc1cc(NC2NC(NC3CC4CC(CCC#N)CC(C3)N4)=CS2)n[nH]1. The number of aromatic amines is 1. The quantitative estimate of drug-likeness (QED) is 0.522. The molecule has 0 saturated carbocycles. The Morgan fingerprint density at radius 3 is 2.77 bits per heavy atom. The van der Waals surface area contributed by atoms with Crippen LogP contribution in [0, 0.1) is 24.2 Å². The predicted molar refractivity (Wildman–Crippen MR) is 104 cm³/mol. The molecule has 8 heteroatoms. The maximum absolute atomic E-state index is 8.82. The lowest BCUT2D eigenvalue weighted by molar-refractivity contribution is 0.156. The third-order valence-corrected chi connectivity index (χ3v) is 6.34. The fourth-order valence-electron chi connectivity index (χ4n) is 4.44. The van der Waals surface area contributed by atoms with Crippen molar-refractivity contribution in [2.75, 3.05) is 5.32 Å². The van der Waals surface area contributed by atoms with Crippen molar-refractivity contribution in [3.8, 4) is 6.07 Å². The van der Waals surface area contributed by atoms with Gasteiger partial charge in [-0.2, -0.15) is 10.4 Å². The number of fused-ring (bicyclic) bond motifs is 2. The Kier molecular flexibility index (Phi) is 5.27. The van der Waals surface area contributed by atoms with Crippen LogP contribution in [-0.2, 0) is 0 Å². The second-order valence-corrected chi connectivity index (χ2v) is 8.66. The van der Waals surface area contributed by atoms with Gasteiger partial charge in [0, 0.05) is 41.7 Å². The second kappa shape index (κ2) is 7.80. The lowest BCUT2D eigenvalue weighted by Crippen LogP contribution is -2.56. The van der Waals surface area contributed by atoms with Crippen molar-refractivity contribution in [2.24, 2.45) is 5.92 Å². The molecule has 3 aliphatic rings. The summed E-state index contributed by atoms with van der Waals surface area (Å²) in [5, 5.41) is 32.5. The highest BCUT2D eigenvalue weighted by atomic mass is 32.2. The monoisotopic (exact) mass is 373 g/mol. The Hall–Kier alpha value is -1.85. The molecule has 5 N–H and O–H groups in total. The number of nitrogens with one attached hydrogen (secondary N) is 5. The number of aryl methyl sites for hydroxylation is 1. The fourth-order valence-corrected chi connectivity index (χ4v) is 5.23. The van der Waals surface area contributed by atoms with Crippen LogP contribution in [0.3, 0.4) is 0 Å². The molecule has 3 unspecified atom stereocenters. The van der Waals surface area contributed by atoms with Crippen molar-refractivity contribution in [1.82, 2.24) is 26.1 Å². The van der Waals surface area contributed by atoms with E-state index in [0.29, 0.717) is 24.5 Å². The molecule has 0 radical (unpaired) electrons. The van der Waals surface area contributed by atoms with Gasteiger partial charge in [0.15, 0.2) is 5.50 Å². The number of hydrogen-bond donors (Lipinski definition) is 5. The molecular formula is C18H27N7S. The number of thioether (sulfide) groups is 1. The average molecular weight is 374 g/mol. The van der Waals surface area contributed by atoms with E-state index < -0.39 is 0 Å². The normalized spacial score (nSPS) is 33.1. The van der Waals surface area contributed by atoms with E-state index in [2.05, 4.69) is 42.9 Å². The number of aromatic nitrogens is 2. The van der Waals surface area contributed by atoms with E-state index in [4.69, 9.17) is 5.26 Å². The van der Waals surface area contributed by atoms with Crippen molar-refractivity contribution in [1.29, 1.82) is 5.26 Å². The largest absolute Gasteiger partial charge is 0.369 e. The first-order valence-corrected chi connectivity index (χ1v) is 10.4. The van der Waals surface area contributed by atoms with Crippen LogP contribution in [-0.4, -0.2) is 33.8 Å². The number of hydrogen-bond acceptors (Lipinski definition) is 7. The van der Waals surface area contributed by atoms with E-state index in [1.807, 2.05) is 13.0 Å². The van der Waals surface area contributed by atoms with Crippen LogP contribution in [0.15, 0.2) is 17.3 Å². The van der Waals surface area contributed by atoms with Gasteiger partial charge in [-0.05, 0) is 44.9 Å². The summed E-state index contributed by atoms with van der Waals surface area (Å²) in [5.41, 5.74) is 1.16. The second-order valence-electron chi connectivity index (χ2n) is 7.68. The number of piperidine rings is 2. The summed E-state index contributed by atoms with van der Waals surface area (Å²) < 4.78 is 0. The fraction of sp³-hybridized carbons (Fsp3) is 0.667. The Morgan fingerprint density at radius 2 is 2.08 bits per heavy atom. The molecule has 0 amide bonds. The van der Waals surface area contributed by atoms with Crippen LogP contribution < -0.4 is 21.3 Å². The summed E-state index contributed by atoms with van der Waals surface area (Å²) in [6.07, 6.45) is 6.48. The molecule has 2 fully saturated rings. The van der Waals surface area contributed by atoms with Crippen LogP contribution in [0.2, 0.25) is 0 Å². The van der Waals surface area contributed by atoms with Gasteiger partial charge in [-0.25, -0.2) is 0 Å². The summed E-state index contributed by atoms with van der Waals surface area (Å²) in [6.45, 7) is 2.00. The molecule has 3 aliphatic heterocycles. The van der Waals surface area contributed by atoms with E-state index in [1.165, 1.54) is 12.8 Å². The third-order valence-electron chi connectivity index (χ3n) is 5.46. The molecule has 26 heavy (non-hydrogen) atoms. The zero-order chi connectivity index (χ0) is 17.9. The van der Waals surface area contributed by atoms with Gasteiger partial charge in [0.2, 0.25) is 0 Å². The molecule has 3 atom stereocenters. The third kappa shape index (κ3) is 4.27. The van der Waals surface area contributed by atoms with Crippen LogP contribution >= 0.6 is 11.8 Å². The van der Waals surface area contributed by atoms with Gasteiger partial charge >= 0.3 is 0 Å². The summed E-state index contributed by atoms with van der Waals surface area (Å²) in [5.74, 6) is 2.69. The highest BCUT2D eigenvalue weighted by Crippen LogP contribution is 2.33. The molecular weight excluding hydrogens is 346 g/mol. The lowest BCUT2D eigenvalue weighted by atomic mass is 9.77. The van der Waals surface area contributed by atoms with E-state index in [0.717, 1.165) is 42.5 Å². The topological polar surface area (TPSA) is 101 Å². The first-order chi connectivity index (χ1) is 12.7. The Morgan fingerprint density at radius 1 is 1.27 bits per heavy atom. The summed E-state index contributed by atoms with van der Waals surface area (Å²) in [6, 6.07) is 5.98. The van der Waals surface area contributed by atoms with Crippen molar-refractivity contribution in [2.45, 2.75) is 69.1 Å². The number of anilines is 1. The van der Waals surface area contributed by atoms with Gasteiger partial charge in [-0.1, -0.05) is 11.8 Å². The Balaban J connectivity index is 1.24. The van der Waals surface area contributed by atoms with E-state index in [9.17, 15) is 0 Å². The average Bonchev–Trinajstić information content (AvgIpc) is 3.21. The van der Waals surface area contributed by atoms with Crippen LogP contribution in [0.5, 0.6) is 0 Å². The van der Waals surface area contributed by atoms with E-state index in [1.54, 1.807) is 11.8 Å². The Bertz CT molecular complexity index is 680. The Labute approximate surface area is 158 Å². The van der Waals surface area contributed by atoms with E-state index in [-0.39, 0.29) is 5.50 Å². The van der Waals surface area contributed by atoms with Crippen LogP contribution in [0.4, 0.5) is 5.82 Å². The number of H-pyrrole nitrogens is 1. The van der Waals surface area contributed by atoms with Crippen molar-refractivity contribution in [3.05, 3.63) is 23.0 Å². The summed E-state index contributed by atoms with van der Waals surface area (Å²) in [7, 11) is 0. The summed E-state index contributed by atoms with van der Waals surface area (Å²) >= 11 is 1.73.